The minimum Gasteiger partial charge on any atom is -0.352 e. The largest absolute Gasteiger partial charge is 0.352 e. The molecule has 118 valence electrons. The van der Waals surface area contributed by atoms with Gasteiger partial charge in [0.2, 0.25) is 17.6 Å². The summed E-state index contributed by atoms with van der Waals surface area (Å²) < 4.78 is 5.17. The summed E-state index contributed by atoms with van der Waals surface area (Å²) in [5.41, 5.74) is 0.962. The van der Waals surface area contributed by atoms with Gasteiger partial charge in [0, 0.05) is 24.4 Å². The van der Waals surface area contributed by atoms with Gasteiger partial charge in [0.05, 0.1) is 4.88 Å². The number of nitrogens with one attached hydrogen (secondary N) is 1. The number of aromatic nitrogens is 2. The number of thiophene rings is 1. The molecule has 0 aliphatic rings. The summed E-state index contributed by atoms with van der Waals surface area (Å²) in [6, 6.07) is 11.3. The molecule has 0 fully saturated rings. The standard InChI is InChI=1S/C16H14ClN3O2S/c17-12-4-1-3-11(9-12)10-18-14(21)6-7-15-19-16(20-22-15)13-5-2-8-23-13/h1-5,8-9H,6-7,10H2,(H,18,21). The van der Waals surface area contributed by atoms with Crippen LogP contribution in [0.3, 0.4) is 0 Å². The number of carbonyl (C=O) groups excluding carboxylic acids is 1. The van der Waals surface area contributed by atoms with Gasteiger partial charge in [0.25, 0.3) is 0 Å². The summed E-state index contributed by atoms with van der Waals surface area (Å²) in [5, 5.41) is 9.37. The topological polar surface area (TPSA) is 68.0 Å². The van der Waals surface area contributed by atoms with Gasteiger partial charge < -0.3 is 9.84 Å². The average molecular weight is 348 g/mol. The van der Waals surface area contributed by atoms with Crippen molar-refractivity contribution in [3.63, 3.8) is 0 Å². The lowest BCUT2D eigenvalue weighted by Crippen LogP contribution is -2.23. The van der Waals surface area contributed by atoms with E-state index in [1.54, 1.807) is 17.4 Å². The molecule has 0 bridgehead atoms. The second kappa shape index (κ2) is 7.39. The molecule has 0 spiro atoms. The van der Waals surface area contributed by atoms with Crippen molar-refractivity contribution in [1.82, 2.24) is 15.5 Å². The Labute approximate surface area is 142 Å². The minimum atomic E-state index is -0.0687. The summed E-state index contributed by atoms with van der Waals surface area (Å²) in [5.74, 6) is 0.960. The molecule has 1 aromatic carbocycles. The summed E-state index contributed by atoms with van der Waals surface area (Å²) >= 11 is 7.45. The van der Waals surface area contributed by atoms with E-state index in [-0.39, 0.29) is 5.91 Å². The molecule has 2 heterocycles. The molecule has 3 aromatic rings. The Morgan fingerprint density at radius 1 is 1.30 bits per heavy atom. The zero-order valence-corrected chi connectivity index (χ0v) is 13.7. The van der Waals surface area contributed by atoms with Crippen LogP contribution in [0.5, 0.6) is 0 Å². The molecule has 23 heavy (non-hydrogen) atoms. The predicted molar refractivity (Wildman–Crippen MR) is 89.2 cm³/mol. The number of benzene rings is 1. The Bertz CT molecular complexity index is 786. The van der Waals surface area contributed by atoms with E-state index in [1.165, 1.54) is 0 Å². The van der Waals surface area contributed by atoms with E-state index in [0.29, 0.717) is 36.1 Å². The zero-order valence-electron chi connectivity index (χ0n) is 12.2. The SMILES string of the molecule is O=C(CCc1nc(-c2cccs2)no1)NCc1cccc(Cl)c1. The van der Waals surface area contributed by atoms with Crippen LogP contribution >= 0.6 is 22.9 Å². The van der Waals surface area contributed by atoms with Crippen LogP contribution in [0.2, 0.25) is 5.02 Å². The first kappa shape index (κ1) is 15.7. The van der Waals surface area contributed by atoms with E-state index in [4.69, 9.17) is 16.1 Å². The van der Waals surface area contributed by atoms with Crippen molar-refractivity contribution < 1.29 is 9.32 Å². The number of hydrogen-bond donors (Lipinski definition) is 1. The lowest BCUT2D eigenvalue weighted by atomic mass is 10.2. The van der Waals surface area contributed by atoms with Gasteiger partial charge in [-0.15, -0.1) is 11.3 Å². The average Bonchev–Trinajstić information content (AvgIpc) is 3.22. The number of halogens is 1. The number of hydrogen-bond acceptors (Lipinski definition) is 5. The second-order valence-electron chi connectivity index (χ2n) is 4.90. The molecule has 3 rings (SSSR count). The Hall–Kier alpha value is -2.18. The highest BCUT2D eigenvalue weighted by atomic mass is 35.5. The van der Waals surface area contributed by atoms with Crippen molar-refractivity contribution in [1.29, 1.82) is 0 Å². The number of nitrogens with zero attached hydrogens (tertiary/aromatic N) is 2. The molecule has 1 amide bonds. The molecule has 0 aliphatic heterocycles. The Morgan fingerprint density at radius 2 is 2.22 bits per heavy atom. The van der Waals surface area contributed by atoms with Crippen LogP contribution in [-0.4, -0.2) is 16.0 Å². The van der Waals surface area contributed by atoms with E-state index in [0.717, 1.165) is 10.4 Å². The number of rotatable bonds is 6. The highest BCUT2D eigenvalue weighted by molar-refractivity contribution is 7.13. The van der Waals surface area contributed by atoms with Crippen molar-refractivity contribution in [3.8, 4) is 10.7 Å². The molecule has 2 aromatic heterocycles. The molecule has 1 N–H and O–H groups in total. The third-order valence-electron chi connectivity index (χ3n) is 3.15. The Kier molecular flexibility index (Phi) is 5.05. The fourth-order valence-electron chi connectivity index (χ4n) is 2.02. The smallest absolute Gasteiger partial charge is 0.227 e. The molecule has 0 aliphatic carbocycles. The van der Waals surface area contributed by atoms with Crippen molar-refractivity contribution in [2.45, 2.75) is 19.4 Å². The van der Waals surface area contributed by atoms with E-state index >= 15 is 0 Å². The Morgan fingerprint density at radius 3 is 3.00 bits per heavy atom. The van der Waals surface area contributed by atoms with Crippen molar-refractivity contribution in [2.75, 3.05) is 0 Å². The summed E-state index contributed by atoms with van der Waals surface area (Å²) in [6.45, 7) is 0.448. The van der Waals surface area contributed by atoms with Gasteiger partial charge >= 0.3 is 0 Å². The number of aryl methyl sites for hydroxylation is 1. The lowest BCUT2D eigenvalue weighted by molar-refractivity contribution is -0.121. The first-order chi connectivity index (χ1) is 11.2. The summed E-state index contributed by atoms with van der Waals surface area (Å²) in [4.78, 5) is 17.1. The summed E-state index contributed by atoms with van der Waals surface area (Å²) in [7, 11) is 0. The van der Waals surface area contributed by atoms with Crippen LogP contribution in [0.25, 0.3) is 10.7 Å². The molecular weight excluding hydrogens is 334 g/mol. The summed E-state index contributed by atoms with van der Waals surface area (Å²) in [6.07, 6.45) is 0.715. The monoisotopic (exact) mass is 347 g/mol. The van der Waals surface area contributed by atoms with Gasteiger partial charge in [-0.05, 0) is 29.1 Å². The zero-order chi connectivity index (χ0) is 16.1. The minimum absolute atomic E-state index is 0.0687. The van der Waals surface area contributed by atoms with Gasteiger partial charge in [-0.3, -0.25) is 4.79 Å². The normalized spacial score (nSPS) is 10.7. The fourth-order valence-corrected chi connectivity index (χ4v) is 2.88. The fraction of sp³-hybridized carbons (Fsp3) is 0.188. The lowest BCUT2D eigenvalue weighted by Gasteiger charge is -2.04. The molecule has 0 unspecified atom stereocenters. The van der Waals surface area contributed by atoms with Crippen LogP contribution < -0.4 is 5.32 Å². The van der Waals surface area contributed by atoms with Crippen LogP contribution in [0.4, 0.5) is 0 Å². The first-order valence-electron chi connectivity index (χ1n) is 7.08. The molecule has 0 saturated heterocycles. The highest BCUT2D eigenvalue weighted by Gasteiger charge is 2.11. The molecule has 0 radical (unpaired) electrons. The third-order valence-corrected chi connectivity index (χ3v) is 4.26. The number of amides is 1. The van der Waals surface area contributed by atoms with E-state index < -0.39 is 0 Å². The quantitative estimate of drug-likeness (QED) is 0.738. The third kappa shape index (κ3) is 4.40. The Balaban J connectivity index is 1.47. The maximum Gasteiger partial charge on any atom is 0.227 e. The maximum atomic E-state index is 11.9. The highest BCUT2D eigenvalue weighted by Crippen LogP contribution is 2.21. The van der Waals surface area contributed by atoms with Crippen molar-refractivity contribution in [2.24, 2.45) is 0 Å². The molecule has 5 nitrogen and oxygen atoms in total. The maximum absolute atomic E-state index is 11.9. The van der Waals surface area contributed by atoms with Gasteiger partial charge in [0.15, 0.2) is 0 Å². The van der Waals surface area contributed by atoms with Gasteiger partial charge in [-0.1, -0.05) is 35.0 Å². The molecule has 7 heteroatoms. The van der Waals surface area contributed by atoms with E-state index in [9.17, 15) is 4.79 Å². The van der Waals surface area contributed by atoms with Crippen molar-refractivity contribution >= 4 is 28.8 Å². The van der Waals surface area contributed by atoms with Crippen LogP contribution in [0, 0.1) is 0 Å². The number of carbonyl (C=O) groups is 1. The van der Waals surface area contributed by atoms with Gasteiger partial charge in [-0.2, -0.15) is 4.98 Å². The van der Waals surface area contributed by atoms with Crippen LogP contribution in [0.15, 0.2) is 46.3 Å². The van der Waals surface area contributed by atoms with Gasteiger partial charge in [0.1, 0.15) is 0 Å². The van der Waals surface area contributed by atoms with E-state index in [1.807, 2.05) is 35.7 Å². The van der Waals surface area contributed by atoms with E-state index in [2.05, 4.69) is 15.5 Å². The second-order valence-corrected chi connectivity index (χ2v) is 6.28. The molecular formula is C16H14ClN3O2S. The molecule has 0 atom stereocenters. The van der Waals surface area contributed by atoms with Crippen molar-refractivity contribution in [3.05, 3.63) is 58.3 Å². The first-order valence-corrected chi connectivity index (χ1v) is 8.34. The van der Waals surface area contributed by atoms with Crippen LogP contribution in [0.1, 0.15) is 17.9 Å². The predicted octanol–water partition coefficient (Wildman–Crippen LogP) is 3.70. The van der Waals surface area contributed by atoms with Gasteiger partial charge in [-0.25, -0.2) is 0 Å². The van der Waals surface area contributed by atoms with Crippen LogP contribution in [-0.2, 0) is 17.8 Å². The molecule has 0 saturated carbocycles.